The van der Waals surface area contributed by atoms with Crippen LogP contribution in [0.2, 0.25) is 0 Å². The van der Waals surface area contributed by atoms with Crippen molar-refractivity contribution in [2.24, 2.45) is 0 Å². The van der Waals surface area contributed by atoms with Gasteiger partial charge in [-0.25, -0.2) is 4.79 Å². The topological polar surface area (TPSA) is 35.6 Å². The fraction of sp³-hybridized carbons (Fsp3) is 0.917. The second-order valence-corrected chi connectivity index (χ2v) is 4.56. The number of rotatable bonds is 6. The van der Waals surface area contributed by atoms with Gasteiger partial charge >= 0.3 is 6.03 Å². The van der Waals surface area contributed by atoms with Crippen molar-refractivity contribution in [3.8, 4) is 0 Å². The summed E-state index contributed by atoms with van der Waals surface area (Å²) in [5.74, 6) is 0. The van der Waals surface area contributed by atoms with E-state index >= 15 is 0 Å². The maximum atomic E-state index is 11.6. The van der Waals surface area contributed by atoms with Crippen molar-refractivity contribution in [1.29, 1.82) is 0 Å². The number of nitrogens with zero attached hydrogens (tertiary/aromatic N) is 2. The van der Waals surface area contributed by atoms with E-state index in [9.17, 15) is 4.79 Å². The fourth-order valence-electron chi connectivity index (χ4n) is 1.91. The van der Waals surface area contributed by atoms with Crippen molar-refractivity contribution >= 4 is 6.03 Å². The lowest BCUT2D eigenvalue weighted by Gasteiger charge is -2.21. The molecule has 1 aliphatic rings. The number of likely N-dealkylation sites (tertiary alicyclic amines) is 1. The lowest BCUT2D eigenvalue weighted by Crippen LogP contribution is -2.41. The molecule has 0 aromatic heterocycles. The molecule has 0 aromatic rings. The molecule has 2 amide bonds. The lowest BCUT2D eigenvalue weighted by molar-refractivity contribution is 0.200. The predicted molar refractivity (Wildman–Crippen MR) is 66.6 cm³/mol. The molecule has 4 heteroatoms. The Morgan fingerprint density at radius 2 is 2.06 bits per heavy atom. The fourth-order valence-corrected chi connectivity index (χ4v) is 1.91. The zero-order valence-corrected chi connectivity index (χ0v) is 10.7. The van der Waals surface area contributed by atoms with Gasteiger partial charge in [0.1, 0.15) is 0 Å². The Kier molecular flexibility index (Phi) is 6.23. The second-order valence-electron chi connectivity index (χ2n) is 4.56. The van der Waals surface area contributed by atoms with E-state index in [0.29, 0.717) is 0 Å². The van der Waals surface area contributed by atoms with E-state index in [-0.39, 0.29) is 6.03 Å². The van der Waals surface area contributed by atoms with E-state index in [1.165, 1.54) is 25.9 Å². The Morgan fingerprint density at radius 1 is 1.38 bits per heavy atom. The third-order valence-corrected chi connectivity index (χ3v) is 3.10. The summed E-state index contributed by atoms with van der Waals surface area (Å²) in [6, 6.07) is 0.0626. The van der Waals surface area contributed by atoms with Gasteiger partial charge < -0.3 is 15.1 Å². The summed E-state index contributed by atoms with van der Waals surface area (Å²) in [4.78, 5) is 15.8. The van der Waals surface area contributed by atoms with Crippen LogP contribution >= 0.6 is 0 Å². The van der Waals surface area contributed by atoms with Crippen molar-refractivity contribution in [2.75, 3.05) is 39.8 Å². The third-order valence-electron chi connectivity index (χ3n) is 3.10. The lowest BCUT2D eigenvalue weighted by atomic mass is 10.3. The number of nitrogens with one attached hydrogen (secondary N) is 1. The van der Waals surface area contributed by atoms with Gasteiger partial charge in [-0.3, -0.25) is 0 Å². The maximum absolute atomic E-state index is 11.6. The molecule has 0 spiro atoms. The average Bonchev–Trinajstić information content (AvgIpc) is 2.79. The summed E-state index contributed by atoms with van der Waals surface area (Å²) in [6.45, 7) is 7.17. The maximum Gasteiger partial charge on any atom is 0.317 e. The molecule has 0 aromatic carbocycles. The number of hydrogen-bond acceptors (Lipinski definition) is 2. The molecule has 0 atom stereocenters. The first-order valence-corrected chi connectivity index (χ1v) is 6.45. The van der Waals surface area contributed by atoms with Crippen molar-refractivity contribution in [3.05, 3.63) is 0 Å². The monoisotopic (exact) mass is 227 g/mol. The Morgan fingerprint density at radius 3 is 2.69 bits per heavy atom. The molecule has 4 nitrogen and oxygen atoms in total. The molecule has 0 aliphatic carbocycles. The van der Waals surface area contributed by atoms with Gasteiger partial charge in [0.05, 0.1) is 0 Å². The third kappa shape index (κ3) is 4.84. The summed E-state index contributed by atoms with van der Waals surface area (Å²) >= 11 is 0. The number of urea groups is 1. The molecule has 0 saturated carbocycles. The van der Waals surface area contributed by atoms with Gasteiger partial charge in [-0.05, 0) is 32.4 Å². The number of hydrogen-bond donors (Lipinski definition) is 1. The van der Waals surface area contributed by atoms with Gasteiger partial charge in [0.15, 0.2) is 0 Å². The van der Waals surface area contributed by atoms with Crippen LogP contribution in [-0.2, 0) is 0 Å². The highest BCUT2D eigenvalue weighted by atomic mass is 16.2. The van der Waals surface area contributed by atoms with Crippen LogP contribution in [0.15, 0.2) is 0 Å². The molecule has 1 rings (SSSR count). The van der Waals surface area contributed by atoms with Gasteiger partial charge in [0.2, 0.25) is 0 Å². The molecular formula is C12H25N3O. The number of carbonyl (C=O) groups is 1. The first-order valence-electron chi connectivity index (χ1n) is 6.45. The van der Waals surface area contributed by atoms with Crippen LogP contribution in [0, 0.1) is 0 Å². The van der Waals surface area contributed by atoms with Crippen molar-refractivity contribution in [3.63, 3.8) is 0 Å². The summed E-state index contributed by atoms with van der Waals surface area (Å²) in [6.07, 6.45) is 4.81. The molecule has 1 aliphatic heterocycles. The highest BCUT2D eigenvalue weighted by molar-refractivity contribution is 5.73. The smallest absolute Gasteiger partial charge is 0.317 e. The minimum absolute atomic E-state index is 0.0626. The average molecular weight is 227 g/mol. The van der Waals surface area contributed by atoms with Crippen LogP contribution in [-0.4, -0.2) is 55.6 Å². The molecule has 1 saturated heterocycles. The highest BCUT2D eigenvalue weighted by Gasteiger charge is 2.13. The van der Waals surface area contributed by atoms with E-state index in [2.05, 4.69) is 17.1 Å². The Balaban J connectivity index is 2.07. The number of likely N-dealkylation sites (N-methyl/N-ethyl adjacent to an activating group) is 1. The first-order chi connectivity index (χ1) is 7.74. The normalized spacial score (nSPS) is 16.4. The van der Waals surface area contributed by atoms with E-state index < -0.39 is 0 Å². The quantitative estimate of drug-likeness (QED) is 0.698. The summed E-state index contributed by atoms with van der Waals surface area (Å²) < 4.78 is 0. The molecular weight excluding hydrogens is 202 g/mol. The predicted octanol–water partition coefficient (Wildman–Crippen LogP) is 1.52. The largest absolute Gasteiger partial charge is 0.338 e. The minimum Gasteiger partial charge on any atom is -0.338 e. The molecule has 1 heterocycles. The Bertz CT molecular complexity index is 202. The van der Waals surface area contributed by atoms with E-state index in [1.54, 1.807) is 4.90 Å². The molecule has 0 radical (unpaired) electrons. The molecule has 16 heavy (non-hydrogen) atoms. The molecule has 0 unspecified atom stereocenters. The summed E-state index contributed by atoms with van der Waals surface area (Å²) in [5.41, 5.74) is 0. The van der Waals surface area contributed by atoms with Crippen LogP contribution < -0.4 is 5.32 Å². The van der Waals surface area contributed by atoms with Crippen LogP contribution in [0.5, 0.6) is 0 Å². The van der Waals surface area contributed by atoms with Crippen molar-refractivity contribution < 1.29 is 4.79 Å². The number of amides is 2. The SMILES string of the molecule is CCCCNC(=O)N(C)CCN1CCCC1. The van der Waals surface area contributed by atoms with Gasteiger partial charge in [-0.15, -0.1) is 0 Å². The zero-order chi connectivity index (χ0) is 11.8. The number of carbonyl (C=O) groups excluding carboxylic acids is 1. The Hall–Kier alpha value is -0.770. The van der Waals surface area contributed by atoms with Crippen LogP contribution in [0.3, 0.4) is 0 Å². The molecule has 1 N–H and O–H groups in total. The van der Waals surface area contributed by atoms with Crippen LogP contribution in [0.25, 0.3) is 0 Å². The number of unbranched alkanes of at least 4 members (excludes halogenated alkanes) is 1. The van der Waals surface area contributed by atoms with E-state index in [1.807, 2.05) is 7.05 Å². The second kappa shape index (κ2) is 7.49. The van der Waals surface area contributed by atoms with Crippen LogP contribution in [0.4, 0.5) is 4.79 Å². The molecule has 1 fully saturated rings. The van der Waals surface area contributed by atoms with E-state index in [0.717, 1.165) is 32.5 Å². The molecule has 0 bridgehead atoms. The molecule has 94 valence electrons. The van der Waals surface area contributed by atoms with Gasteiger partial charge in [0, 0.05) is 26.7 Å². The van der Waals surface area contributed by atoms with Crippen LogP contribution in [0.1, 0.15) is 32.6 Å². The minimum atomic E-state index is 0.0626. The Labute approximate surface area is 99.0 Å². The standard InChI is InChI=1S/C12H25N3O/c1-3-4-7-13-12(16)14(2)10-11-15-8-5-6-9-15/h3-11H2,1-2H3,(H,13,16). The van der Waals surface area contributed by atoms with Crippen molar-refractivity contribution in [1.82, 2.24) is 15.1 Å². The van der Waals surface area contributed by atoms with E-state index in [4.69, 9.17) is 0 Å². The van der Waals surface area contributed by atoms with Gasteiger partial charge in [0.25, 0.3) is 0 Å². The zero-order valence-electron chi connectivity index (χ0n) is 10.7. The van der Waals surface area contributed by atoms with Gasteiger partial charge in [-0.1, -0.05) is 13.3 Å². The highest BCUT2D eigenvalue weighted by Crippen LogP contribution is 2.06. The first kappa shape index (κ1) is 13.3. The summed E-state index contributed by atoms with van der Waals surface area (Å²) in [7, 11) is 1.87. The van der Waals surface area contributed by atoms with Crippen molar-refractivity contribution in [2.45, 2.75) is 32.6 Å². The summed E-state index contributed by atoms with van der Waals surface area (Å²) in [5, 5.41) is 2.93. The van der Waals surface area contributed by atoms with Gasteiger partial charge in [-0.2, -0.15) is 0 Å².